The zero-order valence-electron chi connectivity index (χ0n) is 25.5. The third kappa shape index (κ3) is 8.96. The monoisotopic (exact) mass is 661 g/mol. The van der Waals surface area contributed by atoms with Gasteiger partial charge in [-0.05, 0) is 66.7 Å². The lowest BCUT2D eigenvalue weighted by molar-refractivity contribution is -0.114. The first-order valence-electron chi connectivity index (χ1n) is 13.8. The van der Waals surface area contributed by atoms with Crippen LogP contribution in [0, 0.1) is 0 Å². The number of rotatable bonds is 13. The van der Waals surface area contributed by atoms with E-state index in [1.165, 1.54) is 46.3 Å². The number of nitrogens with one attached hydrogen (secondary N) is 3. The van der Waals surface area contributed by atoms with Crippen molar-refractivity contribution in [3.8, 4) is 23.0 Å². The van der Waals surface area contributed by atoms with E-state index in [0.29, 0.717) is 50.5 Å². The number of thioether (sulfide) groups is 1. The summed E-state index contributed by atoms with van der Waals surface area (Å²) in [4.78, 5) is 39.9. The number of amides is 3. The van der Waals surface area contributed by atoms with E-state index >= 15 is 0 Å². The maximum Gasteiger partial charge on any atom is 0.272 e. The number of carbonyl (C=O) groups excluding carboxylic acids is 3. The van der Waals surface area contributed by atoms with Gasteiger partial charge >= 0.3 is 0 Å². The van der Waals surface area contributed by atoms with Crippen molar-refractivity contribution < 1.29 is 33.3 Å². The molecule has 0 fully saturated rings. The van der Waals surface area contributed by atoms with Gasteiger partial charge in [0.05, 0.1) is 44.9 Å². The van der Waals surface area contributed by atoms with Crippen molar-refractivity contribution in [1.82, 2.24) is 5.32 Å². The molecule has 0 aliphatic heterocycles. The molecule has 0 radical (unpaired) electrons. The number of anilines is 2. The maximum atomic E-state index is 13.5. The van der Waals surface area contributed by atoms with Gasteiger partial charge in [0.1, 0.15) is 28.7 Å². The molecule has 0 saturated heterocycles. The van der Waals surface area contributed by atoms with Gasteiger partial charge in [-0.25, -0.2) is 0 Å². The average molecular weight is 662 g/mol. The summed E-state index contributed by atoms with van der Waals surface area (Å²) in [7, 11) is 6.02. The fourth-order valence-corrected chi connectivity index (χ4v) is 5.12. The summed E-state index contributed by atoms with van der Waals surface area (Å²) in [6.45, 7) is 0. The highest BCUT2D eigenvalue weighted by molar-refractivity contribution is 8.00. The molecule has 0 aliphatic rings. The van der Waals surface area contributed by atoms with Crippen molar-refractivity contribution in [3.05, 3.63) is 107 Å². The lowest BCUT2D eigenvalue weighted by Crippen LogP contribution is -2.30. The molecule has 4 aromatic carbocycles. The molecule has 46 heavy (non-hydrogen) atoms. The van der Waals surface area contributed by atoms with E-state index in [0.717, 1.165) is 4.90 Å². The van der Waals surface area contributed by atoms with Crippen molar-refractivity contribution in [2.75, 3.05) is 44.8 Å². The summed E-state index contributed by atoms with van der Waals surface area (Å²) in [5.74, 6) is 0.716. The number of benzene rings is 4. The Morgan fingerprint density at radius 3 is 2.11 bits per heavy atom. The number of carbonyl (C=O) groups is 3. The molecule has 0 atom stereocenters. The second kappa shape index (κ2) is 16.3. The summed E-state index contributed by atoms with van der Waals surface area (Å²) in [5, 5.41) is 8.67. The van der Waals surface area contributed by atoms with Crippen LogP contribution < -0.4 is 34.9 Å². The molecule has 0 saturated carbocycles. The Bertz CT molecular complexity index is 1730. The highest BCUT2D eigenvalue weighted by atomic mass is 35.5. The van der Waals surface area contributed by atoms with E-state index in [-0.39, 0.29) is 17.4 Å². The summed E-state index contributed by atoms with van der Waals surface area (Å²) < 4.78 is 21.3. The van der Waals surface area contributed by atoms with Crippen molar-refractivity contribution >= 4 is 58.5 Å². The standard InChI is InChI=1S/C34H32ClN3O7S/c1-42-24-12-15-29(43-2)22(16-24)17-28(38-33(40)21-8-6-5-7-9-21)34(41)36-23-10-13-25(14-11-23)46-20-32(39)37-27-18-26(35)30(44-3)19-31(27)45-4/h5-19H,20H2,1-4H3,(H,36,41)(H,37,39)(H,38,40)/b28-17-. The van der Waals surface area contributed by atoms with Crippen LogP contribution in [-0.2, 0) is 9.59 Å². The van der Waals surface area contributed by atoms with Crippen LogP contribution >= 0.6 is 23.4 Å². The Labute approximate surface area is 276 Å². The van der Waals surface area contributed by atoms with Gasteiger partial charge in [0.25, 0.3) is 11.8 Å². The third-order valence-corrected chi connectivity index (χ3v) is 7.80. The van der Waals surface area contributed by atoms with Gasteiger partial charge in [0, 0.05) is 27.8 Å². The van der Waals surface area contributed by atoms with Crippen molar-refractivity contribution in [2.45, 2.75) is 4.90 Å². The molecule has 0 aromatic heterocycles. The minimum Gasteiger partial charge on any atom is -0.497 e. The second-order valence-corrected chi connectivity index (χ2v) is 10.9. The molecule has 0 aliphatic carbocycles. The molecule has 3 amide bonds. The Balaban J connectivity index is 1.46. The van der Waals surface area contributed by atoms with E-state index < -0.39 is 11.8 Å². The van der Waals surface area contributed by atoms with E-state index in [1.54, 1.807) is 84.9 Å². The third-order valence-electron chi connectivity index (χ3n) is 6.50. The highest BCUT2D eigenvalue weighted by Crippen LogP contribution is 2.36. The normalized spacial score (nSPS) is 10.8. The van der Waals surface area contributed by atoms with Gasteiger partial charge in [-0.15, -0.1) is 11.8 Å². The molecule has 4 aromatic rings. The maximum absolute atomic E-state index is 13.5. The molecule has 238 valence electrons. The first-order chi connectivity index (χ1) is 22.2. The van der Waals surface area contributed by atoms with E-state index in [9.17, 15) is 14.4 Å². The smallest absolute Gasteiger partial charge is 0.272 e. The number of hydrogen-bond acceptors (Lipinski definition) is 8. The van der Waals surface area contributed by atoms with Crippen LogP contribution in [0.2, 0.25) is 5.02 Å². The van der Waals surface area contributed by atoms with E-state index in [4.69, 9.17) is 30.5 Å². The molecule has 0 spiro atoms. The molecule has 0 bridgehead atoms. The number of halogens is 1. The topological polar surface area (TPSA) is 124 Å². The second-order valence-electron chi connectivity index (χ2n) is 9.49. The summed E-state index contributed by atoms with van der Waals surface area (Å²) in [6.07, 6.45) is 1.52. The van der Waals surface area contributed by atoms with Crippen LogP contribution in [0.5, 0.6) is 23.0 Å². The van der Waals surface area contributed by atoms with Crippen molar-refractivity contribution in [2.24, 2.45) is 0 Å². The highest BCUT2D eigenvalue weighted by Gasteiger charge is 2.17. The van der Waals surface area contributed by atoms with Gasteiger partial charge in [-0.1, -0.05) is 29.8 Å². The largest absolute Gasteiger partial charge is 0.497 e. The minimum atomic E-state index is -0.555. The molecule has 4 rings (SSSR count). The summed E-state index contributed by atoms with van der Waals surface area (Å²) in [5.41, 5.74) is 1.81. The van der Waals surface area contributed by atoms with Crippen molar-refractivity contribution in [3.63, 3.8) is 0 Å². The zero-order valence-corrected chi connectivity index (χ0v) is 27.1. The Kier molecular flexibility index (Phi) is 11.9. The Hall–Kier alpha value is -5.13. The summed E-state index contributed by atoms with van der Waals surface area (Å²) >= 11 is 7.51. The Morgan fingerprint density at radius 1 is 0.761 bits per heavy atom. The van der Waals surface area contributed by atoms with Crippen LogP contribution in [0.4, 0.5) is 11.4 Å². The molecule has 0 heterocycles. The fourth-order valence-electron chi connectivity index (χ4n) is 4.18. The van der Waals surface area contributed by atoms with Crippen LogP contribution in [-0.4, -0.2) is 51.9 Å². The molecule has 12 heteroatoms. The van der Waals surface area contributed by atoms with Gasteiger partial charge in [-0.3, -0.25) is 14.4 Å². The number of ether oxygens (including phenoxy) is 4. The SMILES string of the molecule is COc1ccc(OC)c(/C=C(\NC(=O)c2ccccc2)C(=O)Nc2ccc(SCC(=O)Nc3cc(Cl)c(OC)cc3OC)cc2)c1. The molecular formula is C34H32ClN3O7S. The molecule has 0 unspecified atom stereocenters. The predicted octanol–water partition coefficient (Wildman–Crippen LogP) is 6.51. The number of methoxy groups -OCH3 is 4. The lowest BCUT2D eigenvalue weighted by Gasteiger charge is -2.14. The minimum absolute atomic E-state index is 0.00964. The van der Waals surface area contributed by atoms with Crippen LogP contribution in [0.3, 0.4) is 0 Å². The van der Waals surface area contributed by atoms with Crippen molar-refractivity contribution in [1.29, 1.82) is 0 Å². The van der Waals surface area contributed by atoms with Crippen LogP contribution in [0.1, 0.15) is 15.9 Å². The average Bonchev–Trinajstić information content (AvgIpc) is 3.08. The van der Waals surface area contributed by atoms with Crippen LogP contribution in [0.15, 0.2) is 95.5 Å². The summed E-state index contributed by atoms with van der Waals surface area (Å²) in [6, 6.07) is 23.8. The van der Waals surface area contributed by atoms with E-state index in [1.807, 2.05) is 0 Å². The van der Waals surface area contributed by atoms with Gasteiger partial charge in [-0.2, -0.15) is 0 Å². The Morgan fingerprint density at radius 2 is 1.46 bits per heavy atom. The first-order valence-corrected chi connectivity index (χ1v) is 15.2. The lowest BCUT2D eigenvalue weighted by atomic mass is 10.1. The van der Waals surface area contributed by atoms with Gasteiger partial charge < -0.3 is 34.9 Å². The quantitative estimate of drug-likeness (QED) is 0.109. The predicted molar refractivity (Wildman–Crippen MR) is 180 cm³/mol. The van der Waals surface area contributed by atoms with Gasteiger partial charge in [0.2, 0.25) is 5.91 Å². The molecular weight excluding hydrogens is 630 g/mol. The number of hydrogen-bond donors (Lipinski definition) is 3. The molecule has 3 N–H and O–H groups in total. The fraction of sp³-hybridized carbons (Fsp3) is 0.147. The zero-order chi connectivity index (χ0) is 33.1. The van der Waals surface area contributed by atoms with E-state index in [2.05, 4.69) is 16.0 Å². The molecule has 10 nitrogen and oxygen atoms in total. The first kappa shape index (κ1) is 33.8. The van der Waals surface area contributed by atoms with Gasteiger partial charge in [0.15, 0.2) is 0 Å². The van der Waals surface area contributed by atoms with Crippen LogP contribution in [0.25, 0.3) is 6.08 Å².